The van der Waals surface area contributed by atoms with E-state index in [1.807, 2.05) is 6.07 Å². The molecular weight excluding hydrogens is 456 g/mol. The van der Waals surface area contributed by atoms with Gasteiger partial charge in [0.15, 0.2) is 0 Å². The highest BCUT2D eigenvalue weighted by atomic mass is 35.5. The summed E-state index contributed by atoms with van der Waals surface area (Å²) in [5.41, 5.74) is 2.73. The van der Waals surface area contributed by atoms with E-state index in [0.717, 1.165) is 61.5 Å². The minimum Gasteiger partial charge on any atom is -0.380 e. The molecule has 2 fully saturated rings. The van der Waals surface area contributed by atoms with Crippen molar-refractivity contribution in [3.8, 4) is 0 Å². The Labute approximate surface area is 206 Å². The van der Waals surface area contributed by atoms with Gasteiger partial charge in [0.2, 0.25) is 5.95 Å². The second kappa shape index (κ2) is 9.14. The van der Waals surface area contributed by atoms with Gasteiger partial charge in [-0.1, -0.05) is 23.2 Å². The van der Waals surface area contributed by atoms with E-state index >= 15 is 0 Å². The number of anilines is 2. The molecular formula is C21H27B3Cl2N6O. The summed E-state index contributed by atoms with van der Waals surface area (Å²) in [6, 6.07) is 4.69. The molecule has 0 aliphatic carbocycles. The van der Waals surface area contributed by atoms with Gasteiger partial charge in [-0.15, -0.1) is 0 Å². The van der Waals surface area contributed by atoms with Crippen LogP contribution in [0.2, 0.25) is 10.2 Å². The average Bonchev–Trinajstić information content (AvgIpc) is 3.44. The van der Waals surface area contributed by atoms with Gasteiger partial charge in [0.1, 0.15) is 28.7 Å². The molecule has 0 radical (unpaired) electrons. The first kappa shape index (κ1) is 23.0. The second-order valence-corrected chi connectivity index (χ2v) is 10.8. The highest BCUT2D eigenvalue weighted by Crippen LogP contribution is 2.36. The third-order valence-electron chi connectivity index (χ3n) is 6.68. The second-order valence-electron chi connectivity index (χ2n) is 10.0. The predicted molar refractivity (Wildman–Crippen MR) is 141 cm³/mol. The Morgan fingerprint density at radius 2 is 1.88 bits per heavy atom. The molecule has 0 bridgehead atoms. The lowest BCUT2D eigenvalue weighted by molar-refractivity contribution is 0.122. The molecule has 0 amide bonds. The molecule has 1 atom stereocenters. The van der Waals surface area contributed by atoms with Crippen LogP contribution in [0.3, 0.4) is 0 Å². The fourth-order valence-electron chi connectivity index (χ4n) is 4.83. The number of nitrogens with zero attached hydrogens (tertiary/aromatic N) is 5. The van der Waals surface area contributed by atoms with Crippen molar-refractivity contribution >= 4 is 69.3 Å². The molecule has 5 rings (SSSR count). The molecule has 4 heterocycles. The molecule has 2 saturated heterocycles. The first-order valence-corrected chi connectivity index (χ1v) is 12.3. The van der Waals surface area contributed by atoms with Crippen LogP contribution in [0.25, 0.3) is 10.9 Å². The van der Waals surface area contributed by atoms with Crippen molar-refractivity contribution in [1.29, 1.82) is 0 Å². The van der Waals surface area contributed by atoms with Crippen molar-refractivity contribution in [3.63, 3.8) is 0 Å². The zero-order valence-electron chi connectivity index (χ0n) is 19.3. The van der Waals surface area contributed by atoms with Gasteiger partial charge >= 0.3 is 0 Å². The Hall–Kier alpha value is -1.74. The van der Waals surface area contributed by atoms with Crippen molar-refractivity contribution < 1.29 is 4.74 Å². The van der Waals surface area contributed by atoms with Crippen LogP contribution in [-0.4, -0.2) is 80.5 Å². The SMILES string of the molecule is BC(B)(B)n1ncc(Nc2ncc3cc(Cl)c(C4CCN([C@@H]5CCOC5)CC4)cc3n2)c1Cl. The molecule has 7 nitrogen and oxygen atoms in total. The Morgan fingerprint density at radius 3 is 2.55 bits per heavy atom. The molecule has 0 saturated carbocycles. The van der Waals surface area contributed by atoms with E-state index in [9.17, 15) is 0 Å². The number of likely N-dealkylation sites (tertiary alicyclic amines) is 1. The number of rotatable bonds is 5. The fraction of sp³-hybridized carbons (Fsp3) is 0.476. The zero-order chi connectivity index (χ0) is 23.2. The number of hydrogen-bond acceptors (Lipinski definition) is 6. The number of hydrogen-bond donors (Lipinski definition) is 1. The van der Waals surface area contributed by atoms with Crippen LogP contribution in [-0.2, 0) is 9.97 Å². The summed E-state index contributed by atoms with van der Waals surface area (Å²) >= 11 is 13.2. The number of benzene rings is 1. The van der Waals surface area contributed by atoms with Crippen LogP contribution in [0, 0.1) is 0 Å². The lowest BCUT2D eigenvalue weighted by Gasteiger charge is -2.35. The van der Waals surface area contributed by atoms with Gasteiger partial charge < -0.3 is 10.1 Å². The first-order valence-electron chi connectivity index (χ1n) is 11.6. The molecule has 33 heavy (non-hydrogen) atoms. The topological polar surface area (TPSA) is 68.1 Å². The molecule has 1 N–H and O–H groups in total. The van der Waals surface area contributed by atoms with Gasteiger partial charge in [-0.2, -0.15) is 5.10 Å². The third-order valence-corrected chi connectivity index (χ3v) is 7.37. The van der Waals surface area contributed by atoms with E-state index in [2.05, 4.69) is 49.9 Å². The minimum atomic E-state index is -0.215. The maximum Gasteiger partial charge on any atom is 0.227 e. The average molecular weight is 483 g/mol. The van der Waals surface area contributed by atoms with E-state index in [-0.39, 0.29) is 5.24 Å². The van der Waals surface area contributed by atoms with Crippen LogP contribution >= 0.6 is 23.2 Å². The molecule has 0 unspecified atom stereocenters. The summed E-state index contributed by atoms with van der Waals surface area (Å²) in [7, 11) is 6.17. The highest BCUT2D eigenvalue weighted by molar-refractivity contribution is 6.57. The lowest BCUT2D eigenvalue weighted by Crippen LogP contribution is -2.41. The first-order chi connectivity index (χ1) is 15.8. The summed E-state index contributed by atoms with van der Waals surface area (Å²) < 4.78 is 7.35. The van der Waals surface area contributed by atoms with Crippen LogP contribution in [0.5, 0.6) is 0 Å². The van der Waals surface area contributed by atoms with Crippen LogP contribution in [0.15, 0.2) is 24.5 Å². The smallest absolute Gasteiger partial charge is 0.227 e. The molecule has 2 aromatic heterocycles. The Balaban J connectivity index is 1.35. The van der Waals surface area contributed by atoms with E-state index in [0.29, 0.717) is 28.7 Å². The maximum absolute atomic E-state index is 6.70. The van der Waals surface area contributed by atoms with Crippen molar-refractivity contribution in [2.24, 2.45) is 0 Å². The quantitative estimate of drug-likeness (QED) is 0.553. The molecule has 1 aromatic carbocycles. The van der Waals surface area contributed by atoms with E-state index < -0.39 is 0 Å². The minimum absolute atomic E-state index is 0.215. The highest BCUT2D eigenvalue weighted by Gasteiger charge is 2.29. The summed E-state index contributed by atoms with van der Waals surface area (Å²) in [4.78, 5) is 11.8. The molecule has 3 aromatic rings. The Bertz CT molecular complexity index is 1160. The lowest BCUT2D eigenvalue weighted by atomic mass is 9.49. The molecule has 12 heteroatoms. The van der Waals surface area contributed by atoms with Gasteiger partial charge in [0.25, 0.3) is 0 Å². The van der Waals surface area contributed by atoms with Gasteiger partial charge in [-0.25, -0.2) is 9.97 Å². The van der Waals surface area contributed by atoms with Crippen LogP contribution in [0.1, 0.15) is 30.7 Å². The van der Waals surface area contributed by atoms with Gasteiger partial charge in [-0.05, 0) is 61.2 Å². The maximum atomic E-state index is 6.70. The number of nitrogens with one attached hydrogen (secondary N) is 1. The summed E-state index contributed by atoms with van der Waals surface area (Å²) in [6.07, 6.45) is 6.84. The van der Waals surface area contributed by atoms with Crippen molar-refractivity contribution in [3.05, 3.63) is 40.3 Å². The molecule has 2 aliphatic heterocycles. The number of fused-ring (bicyclic) bond motifs is 1. The molecule has 2 aliphatic rings. The van der Waals surface area contributed by atoms with Gasteiger partial charge in [0, 0.05) is 29.3 Å². The Morgan fingerprint density at radius 1 is 1.09 bits per heavy atom. The molecule has 170 valence electrons. The number of piperidine rings is 1. The van der Waals surface area contributed by atoms with E-state index in [1.54, 1.807) is 17.1 Å². The Kier molecular flexibility index (Phi) is 6.38. The van der Waals surface area contributed by atoms with Crippen molar-refractivity contribution in [2.75, 3.05) is 31.6 Å². The van der Waals surface area contributed by atoms with Gasteiger partial charge in [0.05, 0.1) is 24.0 Å². The number of ether oxygens (including phenoxy) is 1. The predicted octanol–water partition coefficient (Wildman–Crippen LogP) is 1.31. The normalized spacial score (nSPS) is 20.5. The van der Waals surface area contributed by atoms with Crippen LogP contribution < -0.4 is 5.32 Å². The number of aromatic nitrogens is 4. The van der Waals surface area contributed by atoms with Crippen LogP contribution in [0.4, 0.5) is 11.6 Å². The van der Waals surface area contributed by atoms with E-state index in [1.165, 1.54) is 5.56 Å². The number of halogens is 2. The third kappa shape index (κ3) is 4.76. The summed E-state index contributed by atoms with van der Waals surface area (Å²) in [6.45, 7) is 3.92. The van der Waals surface area contributed by atoms with E-state index in [4.69, 9.17) is 32.9 Å². The van der Waals surface area contributed by atoms with Gasteiger partial charge in [-0.3, -0.25) is 9.58 Å². The largest absolute Gasteiger partial charge is 0.380 e. The summed E-state index contributed by atoms with van der Waals surface area (Å²) in [5, 5.41) is 9.66. The summed E-state index contributed by atoms with van der Waals surface area (Å²) in [5.74, 6) is 0.925. The zero-order valence-corrected chi connectivity index (χ0v) is 20.8. The van der Waals surface area contributed by atoms with Crippen molar-refractivity contribution in [1.82, 2.24) is 24.6 Å². The standard InChI is InChI=1S/C21H27B3Cl2N6O/c22-21(23,24)32-19(26)18(10-28-32)30-20-27-9-13-7-16(25)15(8-17(13)29-20)12-1-4-31(5-2-12)14-3-6-33-11-14/h7-10,12,14H,1-6,11,22-24H2,(H,27,29,30)/t14-/m1/s1. The monoisotopic (exact) mass is 482 g/mol. The molecule has 0 spiro atoms. The van der Waals surface area contributed by atoms with Crippen molar-refractivity contribution in [2.45, 2.75) is 36.5 Å². The fourth-order valence-corrected chi connectivity index (χ4v) is 5.55.